The van der Waals surface area contributed by atoms with Crippen molar-refractivity contribution in [2.75, 3.05) is 5.75 Å². The van der Waals surface area contributed by atoms with Crippen molar-refractivity contribution in [1.82, 2.24) is 0 Å². The molecule has 0 unspecified atom stereocenters. The summed E-state index contributed by atoms with van der Waals surface area (Å²) in [7, 11) is 0. The molecule has 1 nitrogen and oxygen atoms in total. The number of hydrogen-bond donors (Lipinski definition) is 1. The second-order valence-electron chi connectivity index (χ2n) is 3.84. The van der Waals surface area contributed by atoms with Crippen molar-refractivity contribution in [3.05, 3.63) is 36.4 Å². The van der Waals surface area contributed by atoms with Crippen LogP contribution in [0.1, 0.15) is 19.8 Å². The van der Waals surface area contributed by atoms with E-state index in [1.807, 2.05) is 18.2 Å². The number of phenolic OH excluding ortho intramolecular Hbond substituents is 1. The molecule has 2 rings (SSSR count). The zero-order chi connectivity index (χ0) is 11.4. The minimum absolute atomic E-state index is 0.403. The van der Waals surface area contributed by atoms with Crippen LogP contribution in [0.3, 0.4) is 0 Å². The van der Waals surface area contributed by atoms with E-state index in [0.717, 1.165) is 16.0 Å². The largest absolute Gasteiger partial charge is 0.507 e. The van der Waals surface area contributed by atoms with Crippen LogP contribution in [0.15, 0.2) is 41.3 Å². The van der Waals surface area contributed by atoms with Gasteiger partial charge in [-0.3, -0.25) is 0 Å². The summed E-state index contributed by atoms with van der Waals surface area (Å²) in [6.07, 6.45) is 2.38. The van der Waals surface area contributed by atoms with Gasteiger partial charge in [0.25, 0.3) is 0 Å². The average molecular weight is 232 g/mol. The van der Waals surface area contributed by atoms with Crippen LogP contribution in [0.2, 0.25) is 0 Å². The first-order valence-corrected chi connectivity index (χ1v) is 6.65. The van der Waals surface area contributed by atoms with E-state index < -0.39 is 0 Å². The molecule has 0 atom stereocenters. The minimum atomic E-state index is 0.403. The molecule has 84 valence electrons. The first-order valence-electron chi connectivity index (χ1n) is 5.66. The molecule has 0 fully saturated rings. The molecule has 0 radical (unpaired) electrons. The normalized spacial score (nSPS) is 10.8. The van der Waals surface area contributed by atoms with Crippen molar-refractivity contribution < 1.29 is 5.11 Å². The molecule has 2 aromatic rings. The van der Waals surface area contributed by atoms with Crippen molar-refractivity contribution in [2.24, 2.45) is 0 Å². The highest BCUT2D eigenvalue weighted by Crippen LogP contribution is 2.35. The fourth-order valence-electron chi connectivity index (χ4n) is 1.70. The van der Waals surface area contributed by atoms with Gasteiger partial charge in [-0.1, -0.05) is 43.7 Å². The van der Waals surface area contributed by atoms with Gasteiger partial charge in [0.05, 0.1) is 4.90 Å². The number of rotatable bonds is 4. The molecule has 0 heterocycles. The van der Waals surface area contributed by atoms with Gasteiger partial charge in [-0.2, -0.15) is 0 Å². The van der Waals surface area contributed by atoms with Crippen LogP contribution < -0.4 is 0 Å². The van der Waals surface area contributed by atoms with E-state index in [2.05, 4.69) is 19.1 Å². The Bertz CT molecular complexity index is 479. The monoisotopic (exact) mass is 232 g/mol. The highest BCUT2D eigenvalue weighted by molar-refractivity contribution is 7.99. The number of aromatic hydroxyl groups is 1. The third kappa shape index (κ3) is 2.33. The van der Waals surface area contributed by atoms with Crippen molar-refractivity contribution in [2.45, 2.75) is 24.7 Å². The first-order chi connectivity index (χ1) is 7.83. The number of fused-ring (bicyclic) bond motifs is 1. The summed E-state index contributed by atoms with van der Waals surface area (Å²) in [6.45, 7) is 2.18. The summed E-state index contributed by atoms with van der Waals surface area (Å²) in [5, 5.41) is 12.2. The lowest BCUT2D eigenvalue weighted by molar-refractivity contribution is 0.464. The quantitative estimate of drug-likeness (QED) is 0.621. The maximum Gasteiger partial charge on any atom is 0.129 e. The molecule has 0 spiro atoms. The molecule has 0 aliphatic rings. The number of hydrogen-bond acceptors (Lipinski definition) is 2. The van der Waals surface area contributed by atoms with Crippen LogP contribution in [0.5, 0.6) is 5.75 Å². The third-order valence-corrected chi connectivity index (χ3v) is 3.81. The molecule has 2 aromatic carbocycles. The molecule has 2 heteroatoms. The molecule has 16 heavy (non-hydrogen) atoms. The molecule has 0 amide bonds. The second-order valence-corrected chi connectivity index (χ2v) is 4.94. The van der Waals surface area contributed by atoms with Crippen LogP contribution in [-0.4, -0.2) is 10.9 Å². The minimum Gasteiger partial charge on any atom is -0.507 e. The molecular formula is C14H16OS. The molecule has 0 aliphatic heterocycles. The summed E-state index contributed by atoms with van der Waals surface area (Å²) in [6, 6.07) is 12.0. The topological polar surface area (TPSA) is 20.2 Å². The lowest BCUT2D eigenvalue weighted by atomic mass is 10.1. The van der Waals surface area contributed by atoms with Crippen LogP contribution in [0.4, 0.5) is 0 Å². The second kappa shape index (κ2) is 5.26. The lowest BCUT2D eigenvalue weighted by Crippen LogP contribution is -1.82. The summed E-state index contributed by atoms with van der Waals surface area (Å²) in [4.78, 5) is 1.02. The van der Waals surface area contributed by atoms with E-state index >= 15 is 0 Å². The van der Waals surface area contributed by atoms with Gasteiger partial charge in [0.15, 0.2) is 0 Å². The van der Waals surface area contributed by atoms with E-state index in [1.165, 1.54) is 18.2 Å². The van der Waals surface area contributed by atoms with Gasteiger partial charge in [-0.15, -0.1) is 11.8 Å². The van der Waals surface area contributed by atoms with Crippen LogP contribution in [0.25, 0.3) is 10.8 Å². The summed E-state index contributed by atoms with van der Waals surface area (Å²) < 4.78 is 0. The van der Waals surface area contributed by atoms with Crippen molar-refractivity contribution >= 4 is 22.5 Å². The van der Waals surface area contributed by atoms with Gasteiger partial charge in [-0.05, 0) is 29.0 Å². The molecule has 0 saturated carbocycles. The standard InChI is InChI=1S/C14H16OS/c1-2-3-10-16-14-12-7-5-4-6-11(12)8-9-13(14)15/h4-9,15H,2-3,10H2,1H3. The zero-order valence-corrected chi connectivity index (χ0v) is 10.3. The average Bonchev–Trinajstić information content (AvgIpc) is 2.32. The highest BCUT2D eigenvalue weighted by Gasteiger charge is 2.06. The van der Waals surface area contributed by atoms with E-state index in [4.69, 9.17) is 0 Å². The summed E-state index contributed by atoms with van der Waals surface area (Å²) in [5.41, 5.74) is 0. The number of benzene rings is 2. The van der Waals surface area contributed by atoms with Crippen LogP contribution in [-0.2, 0) is 0 Å². The van der Waals surface area contributed by atoms with Crippen molar-refractivity contribution in [1.29, 1.82) is 0 Å². The third-order valence-electron chi connectivity index (χ3n) is 2.60. The predicted octanol–water partition coefficient (Wildman–Crippen LogP) is 4.44. The van der Waals surface area contributed by atoms with Gasteiger partial charge in [-0.25, -0.2) is 0 Å². The van der Waals surface area contributed by atoms with E-state index in [9.17, 15) is 5.11 Å². The molecule has 0 aromatic heterocycles. The Hall–Kier alpha value is -1.15. The Morgan fingerprint density at radius 3 is 2.75 bits per heavy atom. The number of phenols is 1. The Kier molecular flexibility index (Phi) is 3.73. The van der Waals surface area contributed by atoms with Crippen molar-refractivity contribution in [3.8, 4) is 5.75 Å². The van der Waals surface area contributed by atoms with Crippen LogP contribution >= 0.6 is 11.8 Å². The van der Waals surface area contributed by atoms with Crippen molar-refractivity contribution in [3.63, 3.8) is 0 Å². The van der Waals surface area contributed by atoms with E-state index in [0.29, 0.717) is 5.75 Å². The maximum atomic E-state index is 9.89. The van der Waals surface area contributed by atoms with Gasteiger partial charge in [0.1, 0.15) is 5.75 Å². The summed E-state index contributed by atoms with van der Waals surface area (Å²) in [5.74, 6) is 1.47. The molecule has 0 saturated heterocycles. The molecular weight excluding hydrogens is 216 g/mol. The smallest absolute Gasteiger partial charge is 0.129 e. The Balaban J connectivity index is 2.37. The first kappa shape index (κ1) is 11.3. The predicted molar refractivity (Wildman–Crippen MR) is 71.2 cm³/mol. The molecule has 1 N–H and O–H groups in total. The molecule has 0 aliphatic carbocycles. The maximum absolute atomic E-state index is 9.89. The highest BCUT2D eigenvalue weighted by atomic mass is 32.2. The number of unbranched alkanes of at least 4 members (excludes halogenated alkanes) is 1. The fraction of sp³-hybridized carbons (Fsp3) is 0.286. The Morgan fingerprint density at radius 2 is 1.94 bits per heavy atom. The zero-order valence-electron chi connectivity index (χ0n) is 9.44. The van der Waals surface area contributed by atoms with Gasteiger partial charge < -0.3 is 5.11 Å². The van der Waals surface area contributed by atoms with Gasteiger partial charge in [0, 0.05) is 0 Å². The molecule has 0 bridgehead atoms. The Morgan fingerprint density at radius 1 is 1.12 bits per heavy atom. The Labute approximate surface area is 100 Å². The lowest BCUT2D eigenvalue weighted by Gasteiger charge is -2.08. The van der Waals surface area contributed by atoms with Crippen LogP contribution in [0, 0.1) is 0 Å². The van der Waals surface area contributed by atoms with Gasteiger partial charge >= 0.3 is 0 Å². The van der Waals surface area contributed by atoms with E-state index in [-0.39, 0.29) is 0 Å². The SMILES string of the molecule is CCCCSc1c(O)ccc2ccccc12. The van der Waals surface area contributed by atoms with E-state index in [1.54, 1.807) is 17.8 Å². The van der Waals surface area contributed by atoms with Gasteiger partial charge in [0.2, 0.25) is 0 Å². The fourth-order valence-corrected chi connectivity index (χ4v) is 2.90. The number of thioether (sulfide) groups is 1. The summed E-state index contributed by atoms with van der Waals surface area (Å²) >= 11 is 1.75.